The number of rotatable bonds is 3. The fourth-order valence-corrected chi connectivity index (χ4v) is 2.75. The van der Waals surface area contributed by atoms with Gasteiger partial charge in [0.25, 0.3) is 0 Å². The van der Waals surface area contributed by atoms with Gasteiger partial charge in [0.15, 0.2) is 6.29 Å². The lowest BCUT2D eigenvalue weighted by molar-refractivity contribution is -0.144. The third-order valence-corrected chi connectivity index (χ3v) is 3.83. The Balaban J connectivity index is 0.00000162. The first kappa shape index (κ1) is 15.7. The van der Waals surface area contributed by atoms with E-state index < -0.39 is 6.04 Å². The molecular weight excluding hydrogens is 258 g/mol. The van der Waals surface area contributed by atoms with Crippen LogP contribution in [0.2, 0.25) is 0 Å². The molecule has 1 saturated carbocycles. The van der Waals surface area contributed by atoms with Crippen molar-refractivity contribution in [2.45, 2.75) is 38.0 Å². The molecule has 106 valence electrons. The van der Waals surface area contributed by atoms with Crippen LogP contribution in [0.15, 0.2) is 0 Å². The number of nitrogens with two attached hydrogens (primary N) is 1. The summed E-state index contributed by atoms with van der Waals surface area (Å²) in [6.07, 6.45) is 3.89. The number of carbonyl (C=O) groups excluding carboxylic acids is 1. The first-order valence-electron chi connectivity index (χ1n) is 6.29. The van der Waals surface area contributed by atoms with Gasteiger partial charge in [-0.3, -0.25) is 4.79 Å². The van der Waals surface area contributed by atoms with Crippen LogP contribution in [0, 0.1) is 11.8 Å². The van der Waals surface area contributed by atoms with Crippen molar-refractivity contribution in [1.82, 2.24) is 0 Å². The van der Waals surface area contributed by atoms with Crippen LogP contribution < -0.4 is 5.73 Å². The molecule has 0 bridgehead atoms. The summed E-state index contributed by atoms with van der Waals surface area (Å²) in [5.41, 5.74) is 5.86. The Bertz CT molecular complexity index is 263. The molecule has 18 heavy (non-hydrogen) atoms. The van der Waals surface area contributed by atoms with Gasteiger partial charge in [0.2, 0.25) is 0 Å². The van der Waals surface area contributed by atoms with Crippen molar-refractivity contribution in [2.24, 2.45) is 17.6 Å². The molecule has 1 aliphatic carbocycles. The number of hydrogen-bond acceptors (Lipinski definition) is 5. The van der Waals surface area contributed by atoms with Crippen molar-refractivity contribution >= 4 is 18.4 Å². The molecule has 0 aromatic heterocycles. The lowest BCUT2D eigenvalue weighted by atomic mass is 9.78. The Kier molecular flexibility index (Phi) is 6.35. The summed E-state index contributed by atoms with van der Waals surface area (Å²) in [5, 5.41) is 0. The lowest BCUT2D eigenvalue weighted by Crippen LogP contribution is -2.41. The van der Waals surface area contributed by atoms with Gasteiger partial charge >= 0.3 is 5.97 Å². The molecule has 1 aliphatic heterocycles. The van der Waals surface area contributed by atoms with Crippen molar-refractivity contribution in [3.05, 3.63) is 0 Å². The van der Waals surface area contributed by atoms with E-state index in [9.17, 15) is 4.79 Å². The second kappa shape index (κ2) is 7.28. The van der Waals surface area contributed by atoms with Gasteiger partial charge in [-0.25, -0.2) is 0 Å². The number of methoxy groups -OCH3 is 1. The fraction of sp³-hybridized carbons (Fsp3) is 0.917. The average molecular weight is 280 g/mol. The van der Waals surface area contributed by atoms with Gasteiger partial charge in [0.05, 0.1) is 20.3 Å². The van der Waals surface area contributed by atoms with E-state index in [2.05, 4.69) is 4.74 Å². The second-order valence-corrected chi connectivity index (χ2v) is 4.83. The molecule has 2 rings (SSSR count). The topological polar surface area (TPSA) is 70.8 Å². The second-order valence-electron chi connectivity index (χ2n) is 4.83. The molecule has 6 heteroatoms. The van der Waals surface area contributed by atoms with E-state index in [4.69, 9.17) is 15.2 Å². The van der Waals surface area contributed by atoms with E-state index in [0.717, 1.165) is 25.7 Å². The van der Waals surface area contributed by atoms with Gasteiger partial charge in [-0.05, 0) is 31.6 Å². The largest absolute Gasteiger partial charge is 0.468 e. The van der Waals surface area contributed by atoms with E-state index in [1.54, 1.807) is 0 Å². The number of esters is 1. The predicted octanol–water partition coefficient (Wildman–Crippen LogP) is 1.09. The highest BCUT2D eigenvalue weighted by Crippen LogP contribution is 2.34. The first-order valence-corrected chi connectivity index (χ1v) is 6.29. The van der Waals surface area contributed by atoms with E-state index in [1.165, 1.54) is 7.11 Å². The van der Waals surface area contributed by atoms with Crippen LogP contribution in [0.4, 0.5) is 0 Å². The Morgan fingerprint density at radius 2 is 1.78 bits per heavy atom. The molecule has 0 aromatic carbocycles. The molecule has 0 aromatic rings. The molecule has 2 N–H and O–H groups in total. The number of carbonyl (C=O) groups is 1. The highest BCUT2D eigenvalue weighted by Gasteiger charge is 2.35. The third kappa shape index (κ3) is 3.57. The predicted molar refractivity (Wildman–Crippen MR) is 68.4 cm³/mol. The average Bonchev–Trinajstić information content (AvgIpc) is 2.91. The van der Waals surface area contributed by atoms with E-state index in [1.807, 2.05) is 0 Å². The summed E-state index contributed by atoms with van der Waals surface area (Å²) >= 11 is 0. The molecule has 0 amide bonds. The van der Waals surface area contributed by atoms with Crippen molar-refractivity contribution in [1.29, 1.82) is 0 Å². The van der Waals surface area contributed by atoms with E-state index in [-0.39, 0.29) is 30.6 Å². The monoisotopic (exact) mass is 279 g/mol. The van der Waals surface area contributed by atoms with E-state index in [0.29, 0.717) is 19.1 Å². The zero-order chi connectivity index (χ0) is 12.3. The fourth-order valence-electron chi connectivity index (χ4n) is 2.75. The summed E-state index contributed by atoms with van der Waals surface area (Å²) in [7, 11) is 1.38. The molecule has 0 radical (unpaired) electrons. The molecule has 5 nitrogen and oxygen atoms in total. The third-order valence-electron chi connectivity index (χ3n) is 3.83. The van der Waals surface area contributed by atoms with Crippen LogP contribution in [0.25, 0.3) is 0 Å². The van der Waals surface area contributed by atoms with Crippen molar-refractivity contribution in [3.63, 3.8) is 0 Å². The minimum atomic E-state index is -0.480. The van der Waals surface area contributed by atoms with Crippen molar-refractivity contribution in [2.75, 3.05) is 20.3 Å². The summed E-state index contributed by atoms with van der Waals surface area (Å²) in [6.45, 7) is 1.40. The Morgan fingerprint density at radius 3 is 2.28 bits per heavy atom. The van der Waals surface area contributed by atoms with Gasteiger partial charge in [-0.15, -0.1) is 12.4 Å². The summed E-state index contributed by atoms with van der Waals surface area (Å²) in [4.78, 5) is 11.4. The Morgan fingerprint density at radius 1 is 1.22 bits per heavy atom. The smallest absolute Gasteiger partial charge is 0.322 e. The standard InChI is InChI=1S/C12H21NO4.ClH/c1-15-11(14)10(13)8-2-4-9(5-3-8)12-16-6-7-17-12;/h8-10,12H,2-7,13H2,1H3;1H. The SMILES string of the molecule is COC(=O)C(N)C1CCC(C2OCCO2)CC1.Cl. The number of halogens is 1. The van der Waals surface area contributed by atoms with Crippen molar-refractivity contribution < 1.29 is 19.0 Å². The maximum absolute atomic E-state index is 11.4. The molecule has 1 unspecified atom stereocenters. The summed E-state index contributed by atoms with van der Waals surface area (Å²) in [5.74, 6) is 0.389. The van der Waals surface area contributed by atoms with Gasteiger partial charge in [0.1, 0.15) is 6.04 Å². The molecule has 2 fully saturated rings. The summed E-state index contributed by atoms with van der Waals surface area (Å²) in [6, 6.07) is -0.480. The van der Waals surface area contributed by atoms with E-state index >= 15 is 0 Å². The van der Waals surface area contributed by atoms with Crippen LogP contribution in [0.5, 0.6) is 0 Å². The maximum Gasteiger partial charge on any atom is 0.322 e. The minimum absolute atomic E-state index is 0. The lowest BCUT2D eigenvalue weighted by Gasteiger charge is -2.32. The molecule has 1 heterocycles. The minimum Gasteiger partial charge on any atom is -0.468 e. The first-order chi connectivity index (χ1) is 8.22. The Labute approximate surface area is 114 Å². The van der Waals surface area contributed by atoms with Gasteiger partial charge in [0, 0.05) is 5.92 Å². The molecule has 1 saturated heterocycles. The van der Waals surface area contributed by atoms with Gasteiger partial charge in [-0.1, -0.05) is 0 Å². The maximum atomic E-state index is 11.4. The molecule has 2 aliphatic rings. The highest BCUT2D eigenvalue weighted by atomic mass is 35.5. The van der Waals surface area contributed by atoms with Crippen molar-refractivity contribution in [3.8, 4) is 0 Å². The Hall–Kier alpha value is -0.360. The van der Waals surface area contributed by atoms with Crippen LogP contribution in [-0.4, -0.2) is 38.6 Å². The zero-order valence-electron chi connectivity index (χ0n) is 10.7. The zero-order valence-corrected chi connectivity index (χ0v) is 11.5. The highest BCUT2D eigenvalue weighted by molar-refractivity contribution is 5.85. The van der Waals surface area contributed by atoms with Gasteiger partial charge < -0.3 is 19.9 Å². The molecule has 0 spiro atoms. The summed E-state index contributed by atoms with van der Waals surface area (Å²) < 4.78 is 15.7. The molecular formula is C12H22ClNO4. The normalized spacial score (nSPS) is 30.6. The van der Waals surface area contributed by atoms with Crippen LogP contribution in [-0.2, 0) is 19.0 Å². The van der Waals surface area contributed by atoms with Crippen LogP contribution in [0.3, 0.4) is 0 Å². The number of hydrogen-bond donors (Lipinski definition) is 1. The molecule has 1 atom stereocenters. The van der Waals surface area contributed by atoms with Crippen LogP contribution in [0.1, 0.15) is 25.7 Å². The van der Waals surface area contributed by atoms with Crippen LogP contribution >= 0.6 is 12.4 Å². The number of ether oxygens (including phenoxy) is 3. The quantitative estimate of drug-likeness (QED) is 0.783. The van der Waals surface area contributed by atoms with Gasteiger partial charge in [-0.2, -0.15) is 0 Å².